The monoisotopic (exact) mass is 474 g/mol. The minimum Gasteiger partial charge on any atom is -0.326 e. The lowest BCUT2D eigenvalue weighted by Gasteiger charge is -2.08. The van der Waals surface area contributed by atoms with E-state index in [1.807, 2.05) is 0 Å². The van der Waals surface area contributed by atoms with Crippen LogP contribution >= 0.6 is 23.4 Å². The third-order valence-electron chi connectivity index (χ3n) is 4.40. The lowest BCUT2D eigenvalue weighted by atomic mass is 10.2. The number of thioether (sulfide) groups is 1. The molecule has 0 unspecified atom stereocenters. The molecule has 3 aromatic rings. The first-order valence-electron chi connectivity index (χ1n) is 9.34. The van der Waals surface area contributed by atoms with Crippen LogP contribution < -0.4 is 10.6 Å². The topological polar surface area (TPSA) is 132 Å². The van der Waals surface area contributed by atoms with Crippen LogP contribution in [0.1, 0.15) is 11.4 Å². The number of nitro groups is 1. The van der Waals surface area contributed by atoms with E-state index in [2.05, 4.69) is 20.8 Å². The van der Waals surface area contributed by atoms with Gasteiger partial charge in [0.1, 0.15) is 5.82 Å². The number of non-ortho nitro benzene ring substituents is 1. The Kier molecular flexibility index (Phi) is 7.44. The van der Waals surface area contributed by atoms with Gasteiger partial charge in [0.25, 0.3) is 5.69 Å². The predicted octanol–water partition coefficient (Wildman–Crippen LogP) is 3.60. The minimum absolute atomic E-state index is 0.0148. The Labute approximate surface area is 192 Å². The molecule has 0 atom stereocenters. The summed E-state index contributed by atoms with van der Waals surface area (Å²) in [4.78, 5) is 34.9. The van der Waals surface area contributed by atoms with E-state index in [1.165, 1.54) is 18.2 Å². The lowest BCUT2D eigenvalue weighted by Crippen LogP contribution is -2.17. The van der Waals surface area contributed by atoms with Crippen LogP contribution in [-0.2, 0) is 23.1 Å². The molecule has 1 aromatic heterocycles. The van der Waals surface area contributed by atoms with Gasteiger partial charge in [-0.2, -0.15) is 0 Å². The zero-order valence-corrected chi connectivity index (χ0v) is 18.7. The molecule has 166 valence electrons. The van der Waals surface area contributed by atoms with Crippen molar-refractivity contribution in [2.45, 2.75) is 18.5 Å². The Hall–Kier alpha value is -3.44. The molecule has 1 heterocycles. The van der Waals surface area contributed by atoms with Crippen LogP contribution in [0.3, 0.4) is 0 Å². The first-order valence-corrected chi connectivity index (χ1v) is 10.7. The second-order valence-electron chi connectivity index (χ2n) is 6.78. The molecular formula is C20H19ClN6O4S. The predicted molar refractivity (Wildman–Crippen MR) is 122 cm³/mol. The highest BCUT2D eigenvalue weighted by Crippen LogP contribution is 2.22. The van der Waals surface area contributed by atoms with Crippen LogP contribution in [0.2, 0.25) is 5.02 Å². The van der Waals surface area contributed by atoms with Gasteiger partial charge in [-0.3, -0.25) is 19.7 Å². The van der Waals surface area contributed by atoms with Gasteiger partial charge in [-0.25, -0.2) is 0 Å². The third kappa shape index (κ3) is 6.05. The smallest absolute Gasteiger partial charge is 0.269 e. The van der Waals surface area contributed by atoms with E-state index in [1.54, 1.807) is 42.8 Å². The fourth-order valence-electron chi connectivity index (χ4n) is 2.72. The number of hydrogen-bond donors (Lipinski definition) is 2. The summed E-state index contributed by atoms with van der Waals surface area (Å²) in [5.41, 5.74) is 1.67. The van der Waals surface area contributed by atoms with Gasteiger partial charge in [-0.15, -0.1) is 10.2 Å². The van der Waals surface area contributed by atoms with Crippen molar-refractivity contribution in [1.29, 1.82) is 0 Å². The van der Waals surface area contributed by atoms with Crippen LogP contribution in [0.5, 0.6) is 0 Å². The van der Waals surface area contributed by atoms with E-state index in [9.17, 15) is 19.7 Å². The highest BCUT2D eigenvalue weighted by molar-refractivity contribution is 7.99. The maximum Gasteiger partial charge on any atom is 0.269 e. The number of benzene rings is 2. The fraction of sp³-hybridized carbons (Fsp3) is 0.200. The number of halogens is 1. The molecule has 0 aliphatic carbocycles. The summed E-state index contributed by atoms with van der Waals surface area (Å²) in [7, 11) is 1.71. The van der Waals surface area contributed by atoms with Crippen molar-refractivity contribution >= 4 is 52.2 Å². The molecule has 0 fully saturated rings. The summed E-state index contributed by atoms with van der Waals surface area (Å²) in [6, 6.07) is 11.0. The molecule has 3 rings (SSSR count). The van der Waals surface area contributed by atoms with Crippen molar-refractivity contribution in [3.8, 4) is 0 Å². The summed E-state index contributed by atoms with van der Waals surface area (Å²) in [6.07, 6.45) is 0.0148. The van der Waals surface area contributed by atoms with Gasteiger partial charge in [0.05, 0.1) is 17.1 Å². The van der Waals surface area contributed by atoms with E-state index >= 15 is 0 Å². The second-order valence-corrected chi connectivity index (χ2v) is 8.16. The summed E-state index contributed by atoms with van der Waals surface area (Å²) in [5.74, 6) is -0.0485. The molecule has 12 heteroatoms. The van der Waals surface area contributed by atoms with E-state index < -0.39 is 4.92 Å². The highest BCUT2D eigenvalue weighted by Gasteiger charge is 2.15. The molecule has 2 aromatic carbocycles. The number of carbonyl (C=O) groups excluding carboxylic acids is 2. The van der Waals surface area contributed by atoms with Crippen molar-refractivity contribution in [3.63, 3.8) is 0 Å². The Bertz CT molecular complexity index is 1170. The summed E-state index contributed by atoms with van der Waals surface area (Å²) < 4.78 is 1.65. The highest BCUT2D eigenvalue weighted by atomic mass is 35.5. The molecule has 10 nitrogen and oxygen atoms in total. The van der Waals surface area contributed by atoms with Gasteiger partial charge in [-0.1, -0.05) is 23.4 Å². The zero-order chi connectivity index (χ0) is 23.3. The van der Waals surface area contributed by atoms with Crippen molar-refractivity contribution in [2.75, 3.05) is 16.4 Å². The Morgan fingerprint density at radius 2 is 1.84 bits per heavy atom. The number of nitro benzene ring substituents is 1. The SMILES string of the molecule is Cc1cc([N+](=O)[O-])ccc1NC(=O)CSc1nnc(CC(=O)Nc2ccc(Cl)cc2)n1C. The van der Waals surface area contributed by atoms with Gasteiger partial charge >= 0.3 is 0 Å². The normalized spacial score (nSPS) is 10.6. The van der Waals surface area contributed by atoms with E-state index in [0.717, 1.165) is 11.8 Å². The van der Waals surface area contributed by atoms with Gasteiger partial charge in [0.15, 0.2) is 5.16 Å². The molecule has 0 aliphatic rings. The molecule has 0 bridgehead atoms. The number of anilines is 2. The number of carbonyl (C=O) groups is 2. The van der Waals surface area contributed by atoms with Gasteiger partial charge in [-0.05, 0) is 42.8 Å². The van der Waals surface area contributed by atoms with Crippen molar-refractivity contribution in [2.24, 2.45) is 7.05 Å². The van der Waals surface area contributed by atoms with Crippen LogP contribution in [0.4, 0.5) is 17.1 Å². The molecule has 0 saturated heterocycles. The molecule has 0 aliphatic heterocycles. The first-order chi connectivity index (χ1) is 15.2. The van der Waals surface area contributed by atoms with E-state index in [-0.39, 0.29) is 29.7 Å². The molecule has 0 radical (unpaired) electrons. The third-order valence-corrected chi connectivity index (χ3v) is 5.67. The molecule has 0 spiro atoms. The lowest BCUT2D eigenvalue weighted by molar-refractivity contribution is -0.384. The Morgan fingerprint density at radius 1 is 1.12 bits per heavy atom. The van der Waals surface area contributed by atoms with Crippen LogP contribution in [-0.4, -0.2) is 37.3 Å². The van der Waals surface area contributed by atoms with E-state index in [4.69, 9.17) is 11.6 Å². The maximum atomic E-state index is 12.3. The molecular weight excluding hydrogens is 456 g/mol. The number of nitrogens with zero attached hydrogens (tertiary/aromatic N) is 4. The second kappa shape index (κ2) is 10.2. The van der Waals surface area contributed by atoms with Crippen LogP contribution in [0.15, 0.2) is 47.6 Å². The Morgan fingerprint density at radius 3 is 2.50 bits per heavy atom. The minimum atomic E-state index is -0.490. The average molecular weight is 475 g/mol. The van der Waals surface area contributed by atoms with Crippen LogP contribution in [0, 0.1) is 17.0 Å². The zero-order valence-electron chi connectivity index (χ0n) is 17.2. The van der Waals surface area contributed by atoms with E-state index in [0.29, 0.717) is 32.9 Å². The van der Waals surface area contributed by atoms with Crippen molar-refractivity contribution < 1.29 is 14.5 Å². The fourth-order valence-corrected chi connectivity index (χ4v) is 3.58. The average Bonchev–Trinajstić information content (AvgIpc) is 3.08. The summed E-state index contributed by atoms with van der Waals surface area (Å²) in [6.45, 7) is 1.68. The Balaban J connectivity index is 1.54. The maximum absolute atomic E-state index is 12.3. The first kappa shape index (κ1) is 23.2. The van der Waals surface area contributed by atoms with Crippen molar-refractivity contribution in [1.82, 2.24) is 14.8 Å². The van der Waals surface area contributed by atoms with Gasteiger partial charge in [0, 0.05) is 35.6 Å². The molecule has 2 N–H and O–H groups in total. The van der Waals surface area contributed by atoms with Crippen molar-refractivity contribution in [3.05, 3.63) is 69.0 Å². The standard InChI is InChI=1S/C20H19ClN6O4S/c1-12-9-15(27(30)31)7-8-16(12)23-19(29)11-32-20-25-24-17(26(20)2)10-18(28)22-14-5-3-13(21)4-6-14/h3-9H,10-11H2,1-2H3,(H,22,28)(H,23,29). The summed E-state index contributed by atoms with van der Waals surface area (Å²) in [5, 5.41) is 25.4. The number of amides is 2. The largest absolute Gasteiger partial charge is 0.326 e. The molecule has 0 saturated carbocycles. The number of nitrogens with one attached hydrogen (secondary N) is 2. The van der Waals surface area contributed by atoms with Gasteiger partial charge < -0.3 is 15.2 Å². The molecule has 32 heavy (non-hydrogen) atoms. The number of aromatic nitrogens is 3. The quantitative estimate of drug-likeness (QED) is 0.289. The summed E-state index contributed by atoms with van der Waals surface area (Å²) >= 11 is 7.00. The number of hydrogen-bond acceptors (Lipinski definition) is 7. The van der Waals surface area contributed by atoms with Crippen LogP contribution in [0.25, 0.3) is 0 Å². The molecule has 2 amide bonds. The number of aryl methyl sites for hydroxylation is 1. The number of rotatable bonds is 8. The van der Waals surface area contributed by atoms with Gasteiger partial charge in [0.2, 0.25) is 11.8 Å².